The number of nitrogens with zero attached hydrogens (tertiary/aromatic N) is 2. The summed E-state index contributed by atoms with van der Waals surface area (Å²) >= 11 is 13.0. The monoisotopic (exact) mass is 481 g/mol. The number of benzene rings is 2. The normalized spacial score (nSPS) is 17.5. The number of phenols is 1. The molecule has 11 heteroatoms. The first kappa shape index (κ1) is 22.9. The van der Waals surface area contributed by atoms with Crippen LogP contribution in [0.1, 0.15) is 16.8 Å². The zero-order valence-corrected chi connectivity index (χ0v) is 18.7. The van der Waals surface area contributed by atoms with Crippen LogP contribution in [0.4, 0.5) is 11.4 Å². The van der Waals surface area contributed by atoms with E-state index in [1.165, 1.54) is 36.3 Å². The Kier molecular flexibility index (Phi) is 7.09. The van der Waals surface area contributed by atoms with Gasteiger partial charge in [0, 0.05) is 19.2 Å². The third-order valence-electron chi connectivity index (χ3n) is 4.36. The van der Waals surface area contributed by atoms with Gasteiger partial charge in [0.2, 0.25) is 11.8 Å². The molecule has 0 aliphatic carbocycles. The maximum atomic E-state index is 12.7. The van der Waals surface area contributed by atoms with E-state index in [1.807, 2.05) is 0 Å². The Morgan fingerprint density at radius 3 is 2.42 bits per heavy atom. The van der Waals surface area contributed by atoms with E-state index < -0.39 is 11.2 Å². The quantitative estimate of drug-likeness (QED) is 0.636. The van der Waals surface area contributed by atoms with Crippen molar-refractivity contribution < 1.29 is 24.2 Å². The van der Waals surface area contributed by atoms with Gasteiger partial charge in [-0.1, -0.05) is 35.0 Å². The van der Waals surface area contributed by atoms with Crippen LogP contribution in [0.15, 0.2) is 41.4 Å². The number of esters is 1. The molecule has 0 radical (unpaired) electrons. The molecule has 0 saturated carbocycles. The smallest absolute Gasteiger partial charge is 0.337 e. The van der Waals surface area contributed by atoms with E-state index in [9.17, 15) is 19.5 Å². The molecule has 0 aromatic heterocycles. The molecule has 1 saturated heterocycles. The number of phenolic OH excluding ortho intramolecular Hbond substituents is 1. The highest BCUT2D eigenvalue weighted by Crippen LogP contribution is 2.37. The van der Waals surface area contributed by atoms with Crippen LogP contribution in [0.25, 0.3) is 0 Å². The van der Waals surface area contributed by atoms with E-state index in [-0.39, 0.29) is 39.2 Å². The summed E-state index contributed by atoms with van der Waals surface area (Å²) < 4.78 is 4.64. The second kappa shape index (κ2) is 9.59. The van der Waals surface area contributed by atoms with Crippen molar-refractivity contribution in [3.05, 3.63) is 52.0 Å². The first-order valence-electron chi connectivity index (χ1n) is 8.88. The predicted octanol–water partition coefficient (Wildman–Crippen LogP) is 4.08. The standard InChI is InChI=1S/C20H17Cl2N3O5S/c1-25-16(26)9-15(18(28)23-11-5-3-10(4-6-11)19(29)30-2)31-20(25)24-12-7-13(21)17(27)14(22)8-12/h3-8,15,27H,9H2,1-2H3,(H,23,28)/t15-/m0/s1. The lowest BCUT2D eigenvalue weighted by molar-refractivity contribution is -0.128. The van der Waals surface area contributed by atoms with Crippen LogP contribution in [0.2, 0.25) is 10.0 Å². The summed E-state index contributed by atoms with van der Waals surface area (Å²) in [6.07, 6.45) is -0.0106. The molecule has 8 nitrogen and oxygen atoms in total. The van der Waals surface area contributed by atoms with Crippen LogP contribution in [0.5, 0.6) is 5.75 Å². The predicted molar refractivity (Wildman–Crippen MR) is 120 cm³/mol. The molecule has 1 fully saturated rings. The van der Waals surface area contributed by atoms with Crippen LogP contribution < -0.4 is 5.32 Å². The largest absolute Gasteiger partial charge is 0.505 e. The minimum absolute atomic E-state index is 0.0106. The number of aliphatic imine (C=N–C) groups is 1. The third-order valence-corrected chi connectivity index (χ3v) is 6.18. The van der Waals surface area contributed by atoms with Crippen LogP contribution in [0, 0.1) is 0 Å². The SMILES string of the molecule is COC(=O)c1ccc(NC(=O)[C@@H]2CC(=O)N(C)C(=Nc3cc(Cl)c(O)c(Cl)c3)S2)cc1. The number of amidine groups is 1. The summed E-state index contributed by atoms with van der Waals surface area (Å²) in [7, 11) is 2.84. The number of carbonyl (C=O) groups is 3. The molecular formula is C20H17Cl2N3O5S. The topological polar surface area (TPSA) is 108 Å². The van der Waals surface area contributed by atoms with Crippen LogP contribution in [0.3, 0.4) is 0 Å². The van der Waals surface area contributed by atoms with Crippen molar-refractivity contribution in [1.82, 2.24) is 4.90 Å². The number of carbonyl (C=O) groups excluding carboxylic acids is 3. The second-order valence-corrected chi connectivity index (χ2v) is 8.46. The average molecular weight is 482 g/mol. The molecule has 0 unspecified atom stereocenters. The molecule has 31 heavy (non-hydrogen) atoms. The van der Waals surface area contributed by atoms with Gasteiger partial charge in [-0.05, 0) is 36.4 Å². The Balaban J connectivity index is 1.77. The number of hydrogen-bond acceptors (Lipinski definition) is 7. The summed E-state index contributed by atoms with van der Waals surface area (Å²) in [4.78, 5) is 42.3. The average Bonchev–Trinajstić information content (AvgIpc) is 2.74. The highest BCUT2D eigenvalue weighted by atomic mass is 35.5. The second-order valence-electron chi connectivity index (χ2n) is 6.47. The summed E-state index contributed by atoms with van der Waals surface area (Å²) in [5.74, 6) is -1.41. The van der Waals surface area contributed by atoms with E-state index in [2.05, 4.69) is 15.0 Å². The lowest BCUT2D eigenvalue weighted by Gasteiger charge is -2.28. The number of anilines is 1. The van der Waals surface area contributed by atoms with E-state index in [4.69, 9.17) is 23.2 Å². The molecule has 2 aromatic rings. The van der Waals surface area contributed by atoms with E-state index in [0.29, 0.717) is 16.9 Å². The number of rotatable bonds is 4. The molecule has 1 heterocycles. The van der Waals surface area contributed by atoms with E-state index in [1.54, 1.807) is 19.2 Å². The van der Waals surface area contributed by atoms with Gasteiger partial charge in [-0.25, -0.2) is 9.79 Å². The first-order chi connectivity index (χ1) is 14.7. The Labute approximate surface area is 192 Å². The number of amides is 2. The number of methoxy groups -OCH3 is 1. The van der Waals surface area contributed by atoms with Gasteiger partial charge in [0.15, 0.2) is 10.9 Å². The van der Waals surface area contributed by atoms with Crippen molar-refractivity contribution >= 4 is 69.3 Å². The van der Waals surface area contributed by atoms with Crippen LogP contribution in [-0.2, 0) is 14.3 Å². The Hall–Kier alpha value is -2.75. The van der Waals surface area contributed by atoms with Crippen molar-refractivity contribution in [3.8, 4) is 5.75 Å². The fourth-order valence-corrected chi connectivity index (χ4v) is 4.20. The summed E-state index contributed by atoms with van der Waals surface area (Å²) in [5.41, 5.74) is 1.15. The van der Waals surface area contributed by atoms with Crippen LogP contribution in [-0.4, -0.2) is 52.4 Å². The fraction of sp³-hybridized carbons (Fsp3) is 0.200. The van der Waals surface area contributed by atoms with E-state index >= 15 is 0 Å². The van der Waals surface area contributed by atoms with Gasteiger partial charge in [0.25, 0.3) is 0 Å². The van der Waals surface area contributed by atoms with E-state index in [0.717, 1.165) is 11.8 Å². The first-order valence-corrected chi connectivity index (χ1v) is 10.5. The summed E-state index contributed by atoms with van der Waals surface area (Å²) in [6, 6.07) is 9.00. The molecular weight excluding hydrogens is 465 g/mol. The number of thioether (sulfide) groups is 1. The van der Waals surface area contributed by atoms with Crippen molar-refractivity contribution in [2.24, 2.45) is 4.99 Å². The number of nitrogens with one attached hydrogen (secondary N) is 1. The molecule has 162 valence electrons. The fourth-order valence-electron chi connectivity index (χ4n) is 2.66. The Morgan fingerprint density at radius 1 is 1.23 bits per heavy atom. The van der Waals surface area contributed by atoms with Gasteiger partial charge < -0.3 is 15.2 Å². The molecule has 2 aromatic carbocycles. The lowest BCUT2D eigenvalue weighted by Crippen LogP contribution is -2.43. The number of hydrogen-bond donors (Lipinski definition) is 2. The maximum Gasteiger partial charge on any atom is 0.337 e. The molecule has 0 spiro atoms. The van der Waals surface area contributed by atoms with Gasteiger partial charge in [0.05, 0.1) is 28.4 Å². The van der Waals surface area contributed by atoms with Crippen molar-refractivity contribution in [2.75, 3.05) is 19.5 Å². The third kappa shape index (κ3) is 5.30. The van der Waals surface area contributed by atoms with Crippen molar-refractivity contribution in [2.45, 2.75) is 11.7 Å². The Bertz CT molecular complexity index is 1050. The molecule has 1 aliphatic rings. The van der Waals surface area contributed by atoms with Gasteiger partial charge >= 0.3 is 5.97 Å². The Morgan fingerprint density at radius 2 is 1.84 bits per heavy atom. The van der Waals surface area contributed by atoms with Crippen molar-refractivity contribution in [3.63, 3.8) is 0 Å². The number of halogens is 2. The molecule has 1 aliphatic heterocycles. The van der Waals surface area contributed by atoms with Gasteiger partial charge in [-0.2, -0.15) is 0 Å². The maximum absolute atomic E-state index is 12.7. The molecule has 2 amide bonds. The number of aromatic hydroxyl groups is 1. The minimum atomic E-state index is -0.717. The zero-order chi connectivity index (χ0) is 22.7. The highest BCUT2D eigenvalue weighted by molar-refractivity contribution is 8.15. The summed E-state index contributed by atoms with van der Waals surface area (Å²) in [6.45, 7) is 0. The molecule has 2 N–H and O–H groups in total. The lowest BCUT2D eigenvalue weighted by atomic mass is 10.2. The molecule has 1 atom stereocenters. The van der Waals surface area contributed by atoms with Crippen molar-refractivity contribution in [1.29, 1.82) is 0 Å². The molecule has 3 rings (SSSR count). The zero-order valence-electron chi connectivity index (χ0n) is 16.4. The summed E-state index contributed by atoms with van der Waals surface area (Å²) in [5, 5.41) is 12.0. The highest BCUT2D eigenvalue weighted by Gasteiger charge is 2.34. The number of ether oxygens (including phenoxy) is 1. The molecule has 0 bridgehead atoms. The van der Waals surface area contributed by atoms with Gasteiger partial charge in [-0.15, -0.1) is 0 Å². The van der Waals surface area contributed by atoms with Crippen LogP contribution >= 0.6 is 35.0 Å². The minimum Gasteiger partial charge on any atom is -0.505 e. The van der Waals surface area contributed by atoms with Gasteiger partial charge in [0.1, 0.15) is 5.25 Å². The van der Waals surface area contributed by atoms with Gasteiger partial charge in [-0.3, -0.25) is 14.5 Å².